The Balaban J connectivity index is 0.00000170. The molecule has 1 saturated heterocycles. The van der Waals surface area contributed by atoms with Crippen molar-refractivity contribution in [2.75, 3.05) is 26.2 Å². The van der Waals surface area contributed by atoms with E-state index in [2.05, 4.69) is 38.5 Å². The SMILES string of the molecule is CCCCN.NC(N)=NCCCC1NC(=O)CNC(=O)[C@H](Cc2ccccc2)NC(=O)C(CC(=O)O)NC(=O)CNC1=O. The van der Waals surface area contributed by atoms with Gasteiger partial charge in [-0.1, -0.05) is 43.7 Å². The molecule has 0 spiro atoms. The Bertz CT molecular complexity index is 1110. The topological polar surface area (TPSA) is 273 Å². The van der Waals surface area contributed by atoms with Crippen molar-refractivity contribution in [3.05, 3.63) is 35.9 Å². The van der Waals surface area contributed by atoms with Gasteiger partial charge < -0.3 is 48.9 Å². The Morgan fingerprint density at radius 2 is 1.44 bits per heavy atom. The van der Waals surface area contributed by atoms with Gasteiger partial charge in [-0.15, -0.1) is 0 Å². The van der Waals surface area contributed by atoms with Crippen LogP contribution in [0.25, 0.3) is 0 Å². The lowest BCUT2D eigenvalue weighted by molar-refractivity contribution is -0.141. The summed E-state index contributed by atoms with van der Waals surface area (Å²) in [5, 5.41) is 21.2. The second-order valence-corrected chi connectivity index (χ2v) is 9.62. The van der Waals surface area contributed by atoms with Crippen LogP contribution < -0.4 is 43.8 Å². The van der Waals surface area contributed by atoms with E-state index in [0.717, 1.165) is 6.54 Å². The molecule has 0 radical (unpaired) electrons. The van der Waals surface area contributed by atoms with E-state index in [4.69, 9.17) is 17.2 Å². The number of aliphatic carboxylic acids is 1. The number of unbranched alkanes of at least 4 members (excludes halogenated alkanes) is 1. The van der Waals surface area contributed by atoms with Crippen LogP contribution in [0.1, 0.15) is 44.6 Å². The number of hydrogen-bond donors (Lipinski definition) is 9. The van der Waals surface area contributed by atoms with Crippen LogP contribution in [0.4, 0.5) is 0 Å². The summed E-state index contributed by atoms with van der Waals surface area (Å²) in [5.74, 6) is -5.38. The standard InChI is InChI=1S/C23H32N8O7.C4H11N/c24-23(25)26-8-4-7-14-20(36)27-12-18(33)30-16(10-19(34)35)22(38)31-15(9-13-5-2-1-3-6-13)21(37)28-11-17(32)29-14;1-2-3-4-5/h1-3,5-6,14-16H,4,7-12H2,(H,27,36)(H,28,37)(H,29,32)(H,30,33)(H,31,38)(H,34,35)(H4,24,25,26);2-5H2,1H3/t14?,15-,16?;/m0./s1. The number of carbonyl (C=O) groups is 6. The summed E-state index contributed by atoms with van der Waals surface area (Å²) in [6, 6.07) is 4.89. The molecule has 238 valence electrons. The molecule has 16 heteroatoms. The van der Waals surface area contributed by atoms with Gasteiger partial charge in [-0.05, 0) is 31.4 Å². The third-order valence-electron chi connectivity index (χ3n) is 5.95. The number of carboxylic acids is 1. The lowest BCUT2D eigenvalue weighted by atomic mass is 10.0. The molecule has 1 aliphatic rings. The molecule has 0 bridgehead atoms. The zero-order chi connectivity index (χ0) is 32.2. The number of carbonyl (C=O) groups excluding carboxylic acids is 5. The van der Waals surface area contributed by atoms with Crippen molar-refractivity contribution in [2.45, 2.75) is 63.6 Å². The largest absolute Gasteiger partial charge is 0.481 e. The second-order valence-electron chi connectivity index (χ2n) is 9.62. The number of carboxylic acid groups (broad SMARTS) is 1. The Labute approximate surface area is 250 Å². The minimum Gasteiger partial charge on any atom is -0.481 e. The minimum atomic E-state index is -1.52. The molecule has 1 aromatic rings. The third kappa shape index (κ3) is 15.7. The average Bonchev–Trinajstić information content (AvgIpc) is 2.96. The number of nitrogens with zero attached hydrogens (tertiary/aromatic N) is 1. The number of rotatable bonds is 10. The molecule has 1 heterocycles. The van der Waals surface area contributed by atoms with E-state index < -0.39 is 73.1 Å². The van der Waals surface area contributed by atoms with Crippen LogP contribution in [0.15, 0.2) is 35.3 Å². The van der Waals surface area contributed by atoms with Crippen LogP contribution in [0, 0.1) is 0 Å². The molecule has 1 aliphatic heterocycles. The van der Waals surface area contributed by atoms with E-state index in [1.807, 2.05) is 0 Å². The summed E-state index contributed by atoms with van der Waals surface area (Å²) in [7, 11) is 0. The molecule has 12 N–H and O–H groups in total. The highest BCUT2D eigenvalue weighted by Crippen LogP contribution is 2.06. The first kappa shape index (κ1) is 36.3. The van der Waals surface area contributed by atoms with Gasteiger partial charge in [0.05, 0.1) is 19.5 Å². The molecular formula is C27H43N9O7. The van der Waals surface area contributed by atoms with E-state index in [0.29, 0.717) is 12.0 Å². The number of nitrogens with two attached hydrogens (primary N) is 3. The first-order valence-corrected chi connectivity index (χ1v) is 13.9. The van der Waals surface area contributed by atoms with E-state index >= 15 is 0 Å². The first-order valence-electron chi connectivity index (χ1n) is 13.9. The second kappa shape index (κ2) is 20.2. The zero-order valence-corrected chi connectivity index (χ0v) is 24.3. The van der Waals surface area contributed by atoms with E-state index in [1.165, 1.54) is 12.8 Å². The fourth-order valence-corrected chi connectivity index (χ4v) is 3.76. The number of nitrogens with one attached hydrogen (secondary N) is 5. The predicted octanol–water partition coefficient (Wildman–Crippen LogP) is -2.80. The van der Waals surface area contributed by atoms with Gasteiger partial charge in [-0.3, -0.25) is 33.8 Å². The van der Waals surface area contributed by atoms with Gasteiger partial charge in [-0.25, -0.2) is 0 Å². The average molecular weight is 606 g/mol. The van der Waals surface area contributed by atoms with E-state index in [-0.39, 0.29) is 25.3 Å². The number of guanidine groups is 1. The Hall–Kier alpha value is -4.73. The van der Waals surface area contributed by atoms with Crippen LogP contribution in [-0.2, 0) is 35.2 Å². The fraction of sp³-hybridized carbons (Fsp3) is 0.519. The quantitative estimate of drug-likeness (QED) is 0.0750. The van der Waals surface area contributed by atoms with Crippen LogP contribution in [0.2, 0.25) is 0 Å². The molecule has 1 aromatic carbocycles. The summed E-state index contributed by atoms with van der Waals surface area (Å²) in [5.41, 5.74) is 16.4. The Morgan fingerprint density at radius 1 is 0.860 bits per heavy atom. The van der Waals surface area contributed by atoms with Gasteiger partial charge in [0, 0.05) is 13.0 Å². The van der Waals surface area contributed by atoms with Crippen LogP contribution in [-0.4, -0.2) is 90.9 Å². The number of hydrogen-bond acceptors (Lipinski definition) is 8. The normalized spacial score (nSPS) is 19.9. The van der Waals surface area contributed by atoms with Crippen molar-refractivity contribution in [1.82, 2.24) is 26.6 Å². The predicted molar refractivity (Wildman–Crippen MR) is 158 cm³/mol. The summed E-state index contributed by atoms with van der Waals surface area (Å²) >= 11 is 0. The lowest BCUT2D eigenvalue weighted by Gasteiger charge is -2.22. The lowest BCUT2D eigenvalue weighted by Crippen LogP contribution is -2.56. The highest BCUT2D eigenvalue weighted by molar-refractivity contribution is 5.97. The van der Waals surface area contributed by atoms with Gasteiger partial charge in [0.1, 0.15) is 18.1 Å². The third-order valence-corrected chi connectivity index (χ3v) is 5.95. The van der Waals surface area contributed by atoms with Gasteiger partial charge in [0.25, 0.3) is 0 Å². The van der Waals surface area contributed by atoms with Crippen molar-refractivity contribution in [1.29, 1.82) is 0 Å². The smallest absolute Gasteiger partial charge is 0.305 e. The summed E-state index contributed by atoms with van der Waals surface area (Å²) in [6.07, 6.45) is 2.08. The Morgan fingerprint density at radius 3 is 1.95 bits per heavy atom. The Kier molecular flexibility index (Phi) is 17.0. The molecular weight excluding hydrogens is 562 g/mol. The van der Waals surface area contributed by atoms with Gasteiger partial charge in [0.15, 0.2) is 5.96 Å². The van der Waals surface area contributed by atoms with Crippen molar-refractivity contribution >= 4 is 41.5 Å². The van der Waals surface area contributed by atoms with Gasteiger partial charge in [0.2, 0.25) is 29.5 Å². The molecule has 2 unspecified atom stereocenters. The van der Waals surface area contributed by atoms with E-state index in [1.54, 1.807) is 30.3 Å². The number of amides is 5. The molecule has 0 aliphatic carbocycles. The minimum absolute atomic E-state index is 0.0290. The first-order chi connectivity index (χ1) is 20.5. The van der Waals surface area contributed by atoms with Crippen LogP contribution in [0.3, 0.4) is 0 Å². The molecule has 43 heavy (non-hydrogen) atoms. The molecule has 1 fully saturated rings. The maximum absolute atomic E-state index is 12.9. The maximum atomic E-state index is 12.9. The summed E-state index contributed by atoms with van der Waals surface area (Å²) < 4.78 is 0. The zero-order valence-electron chi connectivity index (χ0n) is 24.3. The van der Waals surface area contributed by atoms with Crippen molar-refractivity contribution in [3.63, 3.8) is 0 Å². The number of benzene rings is 1. The van der Waals surface area contributed by atoms with Gasteiger partial charge in [-0.2, -0.15) is 0 Å². The summed E-state index contributed by atoms with van der Waals surface area (Å²) in [6.45, 7) is 2.06. The van der Waals surface area contributed by atoms with Crippen LogP contribution >= 0.6 is 0 Å². The van der Waals surface area contributed by atoms with Crippen molar-refractivity contribution < 1.29 is 33.9 Å². The molecule has 5 amide bonds. The number of aliphatic imine (C=N–C) groups is 1. The van der Waals surface area contributed by atoms with Gasteiger partial charge >= 0.3 is 5.97 Å². The fourth-order valence-electron chi connectivity index (χ4n) is 3.76. The molecule has 16 nitrogen and oxygen atoms in total. The molecule has 3 atom stereocenters. The molecule has 0 saturated carbocycles. The molecule has 2 rings (SSSR count). The van der Waals surface area contributed by atoms with Crippen molar-refractivity contribution in [3.8, 4) is 0 Å². The van der Waals surface area contributed by atoms with Crippen LogP contribution in [0.5, 0.6) is 0 Å². The highest BCUT2D eigenvalue weighted by Gasteiger charge is 2.30. The van der Waals surface area contributed by atoms with Crippen molar-refractivity contribution in [2.24, 2.45) is 22.2 Å². The monoisotopic (exact) mass is 605 g/mol. The highest BCUT2D eigenvalue weighted by atomic mass is 16.4. The maximum Gasteiger partial charge on any atom is 0.305 e. The van der Waals surface area contributed by atoms with E-state index in [9.17, 15) is 33.9 Å². The summed E-state index contributed by atoms with van der Waals surface area (Å²) in [4.78, 5) is 78.6. The molecule has 0 aromatic heterocycles.